The number of benzene rings is 1. The Morgan fingerprint density at radius 2 is 2.00 bits per heavy atom. The number of halogens is 2. The average Bonchev–Trinajstić information content (AvgIpc) is 2.28. The topological polar surface area (TPSA) is 37.4 Å². The number of aryl methyl sites for hydroxylation is 1. The van der Waals surface area contributed by atoms with E-state index in [0.717, 1.165) is 6.07 Å². The predicted molar refractivity (Wildman–Crippen MR) is 74.0 cm³/mol. The van der Waals surface area contributed by atoms with Gasteiger partial charge >= 0.3 is 0 Å². The van der Waals surface area contributed by atoms with Gasteiger partial charge in [-0.2, -0.15) is 4.31 Å². The smallest absolute Gasteiger partial charge is 0.207 e. The van der Waals surface area contributed by atoms with E-state index in [4.69, 9.17) is 0 Å². The summed E-state index contributed by atoms with van der Waals surface area (Å²) in [4.78, 5) is 0.0390. The van der Waals surface area contributed by atoms with Crippen LogP contribution in [0.25, 0.3) is 0 Å². The summed E-state index contributed by atoms with van der Waals surface area (Å²) < 4.78 is 39.6. The van der Waals surface area contributed by atoms with Crippen molar-refractivity contribution in [3.63, 3.8) is 0 Å². The Morgan fingerprint density at radius 1 is 1.39 bits per heavy atom. The highest BCUT2D eigenvalue weighted by atomic mass is 79.9. The third-order valence-corrected chi connectivity index (χ3v) is 5.19. The van der Waals surface area contributed by atoms with Crippen LogP contribution in [0.3, 0.4) is 0 Å². The van der Waals surface area contributed by atoms with Crippen LogP contribution in [0.2, 0.25) is 0 Å². The summed E-state index contributed by atoms with van der Waals surface area (Å²) in [7, 11) is -3.65. The molecule has 1 aromatic rings. The summed E-state index contributed by atoms with van der Waals surface area (Å²) in [6, 6.07) is 3.65. The van der Waals surface area contributed by atoms with Gasteiger partial charge in [0.25, 0.3) is 0 Å². The molecule has 6 heteroatoms. The Bertz CT molecular complexity index is 517. The zero-order valence-electron chi connectivity index (χ0n) is 10.7. The molecular formula is C12H17BrFNO2S. The molecule has 0 N–H and O–H groups in total. The first kappa shape index (κ1) is 15.6. The van der Waals surface area contributed by atoms with Crippen molar-refractivity contribution in [1.82, 2.24) is 4.31 Å². The summed E-state index contributed by atoms with van der Waals surface area (Å²) in [5.41, 5.74) is 0.552. The molecule has 0 aliphatic heterocycles. The normalized spacial score (nSPS) is 12.4. The minimum atomic E-state index is -3.65. The van der Waals surface area contributed by atoms with Crippen molar-refractivity contribution in [3.05, 3.63) is 29.6 Å². The van der Waals surface area contributed by atoms with Gasteiger partial charge in [-0.15, -0.1) is 0 Å². The Labute approximate surface area is 116 Å². The summed E-state index contributed by atoms with van der Waals surface area (Å²) in [6.07, 6.45) is 0. The number of alkyl halides is 1. The van der Waals surface area contributed by atoms with E-state index >= 15 is 0 Å². The quantitative estimate of drug-likeness (QED) is 0.774. The van der Waals surface area contributed by atoms with Gasteiger partial charge in [0, 0.05) is 17.9 Å². The molecule has 0 saturated carbocycles. The first-order chi connectivity index (χ1) is 8.30. The lowest BCUT2D eigenvalue weighted by Gasteiger charge is -2.25. The van der Waals surface area contributed by atoms with Crippen LogP contribution >= 0.6 is 15.9 Å². The van der Waals surface area contributed by atoms with E-state index in [1.54, 1.807) is 20.8 Å². The van der Waals surface area contributed by atoms with Crippen molar-refractivity contribution < 1.29 is 12.8 Å². The molecule has 1 aromatic carbocycles. The molecule has 0 atom stereocenters. The summed E-state index contributed by atoms with van der Waals surface area (Å²) in [5, 5.41) is 0.540. The Balaban J connectivity index is 3.30. The van der Waals surface area contributed by atoms with Gasteiger partial charge in [0.1, 0.15) is 5.82 Å². The van der Waals surface area contributed by atoms with E-state index in [1.807, 2.05) is 0 Å². The van der Waals surface area contributed by atoms with Crippen molar-refractivity contribution >= 4 is 26.0 Å². The molecule has 102 valence electrons. The molecule has 0 aliphatic rings. The molecule has 0 radical (unpaired) electrons. The Kier molecular flexibility index (Phi) is 5.31. The molecule has 18 heavy (non-hydrogen) atoms. The molecular weight excluding hydrogens is 321 g/mol. The highest BCUT2D eigenvalue weighted by Crippen LogP contribution is 2.22. The molecule has 0 unspecified atom stereocenters. The van der Waals surface area contributed by atoms with Gasteiger partial charge in [-0.25, -0.2) is 12.8 Å². The standard InChI is InChI=1S/C12H17BrFNO2S/c1-9(2)15(7-6-13)18(16,17)12-8-11(14)5-4-10(12)3/h4-5,8-9H,6-7H2,1-3H3. The SMILES string of the molecule is Cc1ccc(F)cc1S(=O)(=O)N(CCBr)C(C)C. The fraction of sp³-hybridized carbons (Fsp3) is 0.500. The fourth-order valence-electron chi connectivity index (χ4n) is 1.72. The lowest BCUT2D eigenvalue weighted by Crippen LogP contribution is -2.38. The third kappa shape index (κ3) is 3.30. The maximum absolute atomic E-state index is 13.2. The van der Waals surface area contributed by atoms with Crippen molar-refractivity contribution in [2.24, 2.45) is 0 Å². The maximum atomic E-state index is 13.2. The molecule has 0 fully saturated rings. The highest BCUT2D eigenvalue weighted by molar-refractivity contribution is 9.09. The molecule has 3 nitrogen and oxygen atoms in total. The monoisotopic (exact) mass is 337 g/mol. The summed E-state index contributed by atoms with van der Waals surface area (Å²) in [6.45, 7) is 5.62. The number of rotatable bonds is 5. The molecule has 0 aliphatic carbocycles. The molecule has 0 heterocycles. The number of nitrogens with zero attached hydrogens (tertiary/aromatic N) is 1. The molecule has 0 saturated heterocycles. The number of hydrogen-bond donors (Lipinski definition) is 0. The molecule has 0 bridgehead atoms. The summed E-state index contributed by atoms with van der Waals surface area (Å²) in [5.74, 6) is -0.540. The second-order valence-corrected chi connectivity index (χ2v) is 6.96. The van der Waals surface area contributed by atoms with E-state index < -0.39 is 15.8 Å². The summed E-state index contributed by atoms with van der Waals surface area (Å²) >= 11 is 3.24. The van der Waals surface area contributed by atoms with Crippen LogP contribution in [0.15, 0.2) is 23.1 Å². The molecule has 0 spiro atoms. The van der Waals surface area contributed by atoms with Gasteiger partial charge < -0.3 is 0 Å². The van der Waals surface area contributed by atoms with Crippen LogP contribution in [0.5, 0.6) is 0 Å². The first-order valence-electron chi connectivity index (χ1n) is 5.64. The number of hydrogen-bond acceptors (Lipinski definition) is 2. The molecule has 0 amide bonds. The zero-order valence-corrected chi connectivity index (χ0v) is 13.1. The van der Waals surface area contributed by atoms with Crippen LogP contribution in [-0.2, 0) is 10.0 Å². The average molecular weight is 338 g/mol. The minimum Gasteiger partial charge on any atom is -0.207 e. The number of sulfonamides is 1. The first-order valence-corrected chi connectivity index (χ1v) is 8.20. The van der Waals surface area contributed by atoms with Crippen LogP contribution < -0.4 is 0 Å². The van der Waals surface area contributed by atoms with Gasteiger partial charge in [0.15, 0.2) is 0 Å². The van der Waals surface area contributed by atoms with E-state index in [9.17, 15) is 12.8 Å². The highest BCUT2D eigenvalue weighted by Gasteiger charge is 2.28. The van der Waals surface area contributed by atoms with Crippen LogP contribution in [0.1, 0.15) is 19.4 Å². The maximum Gasteiger partial charge on any atom is 0.243 e. The van der Waals surface area contributed by atoms with Gasteiger partial charge in [-0.1, -0.05) is 22.0 Å². The van der Waals surface area contributed by atoms with Gasteiger partial charge in [0.2, 0.25) is 10.0 Å². The van der Waals surface area contributed by atoms with Crippen LogP contribution in [-0.4, -0.2) is 30.6 Å². The van der Waals surface area contributed by atoms with E-state index in [-0.39, 0.29) is 10.9 Å². The van der Waals surface area contributed by atoms with E-state index in [2.05, 4.69) is 15.9 Å². The Hall–Kier alpha value is -0.460. The van der Waals surface area contributed by atoms with Crippen LogP contribution in [0, 0.1) is 12.7 Å². The van der Waals surface area contributed by atoms with Crippen LogP contribution in [0.4, 0.5) is 4.39 Å². The third-order valence-electron chi connectivity index (χ3n) is 2.62. The lowest BCUT2D eigenvalue weighted by molar-refractivity contribution is 0.371. The van der Waals surface area contributed by atoms with Crippen molar-refractivity contribution in [2.45, 2.75) is 31.7 Å². The molecule has 1 rings (SSSR count). The zero-order chi connectivity index (χ0) is 13.9. The van der Waals surface area contributed by atoms with Gasteiger partial charge in [0.05, 0.1) is 4.90 Å². The van der Waals surface area contributed by atoms with Gasteiger partial charge in [-0.3, -0.25) is 0 Å². The lowest BCUT2D eigenvalue weighted by atomic mass is 10.2. The van der Waals surface area contributed by atoms with E-state index in [1.165, 1.54) is 16.4 Å². The fourth-order valence-corrected chi connectivity index (χ4v) is 4.21. The van der Waals surface area contributed by atoms with Crippen molar-refractivity contribution in [3.8, 4) is 0 Å². The Morgan fingerprint density at radius 3 is 2.50 bits per heavy atom. The van der Waals surface area contributed by atoms with Crippen molar-refractivity contribution in [2.75, 3.05) is 11.9 Å². The van der Waals surface area contributed by atoms with E-state index in [0.29, 0.717) is 17.4 Å². The molecule has 0 aromatic heterocycles. The van der Waals surface area contributed by atoms with Crippen molar-refractivity contribution in [1.29, 1.82) is 0 Å². The second-order valence-electron chi connectivity index (χ2n) is 4.31. The second kappa shape index (κ2) is 6.12. The predicted octanol–water partition coefficient (Wildman–Crippen LogP) is 2.93. The minimum absolute atomic E-state index is 0.0390. The largest absolute Gasteiger partial charge is 0.243 e. The van der Waals surface area contributed by atoms with Gasteiger partial charge in [-0.05, 0) is 38.5 Å².